The molecule has 1 fully saturated rings. The predicted molar refractivity (Wildman–Crippen MR) is 124 cm³/mol. The standard InChI is InChI=1S/C25H31N3O5/c1-17(29)26-22(16-18-7-4-5-10-23(18)33-3)24(30)27-20-11-13-28(14-12-20)25(31)19-8-6-9-21(15-19)32-2/h4-10,15,20,22H,11-14,16H2,1-3H3,(H,26,29)(H,27,30)/t22-/m1/s1. The molecule has 3 amide bonds. The van der Waals surface area contributed by atoms with E-state index in [9.17, 15) is 14.4 Å². The summed E-state index contributed by atoms with van der Waals surface area (Å²) in [7, 11) is 3.15. The minimum atomic E-state index is -0.713. The molecule has 0 aliphatic carbocycles. The Morgan fingerprint density at radius 2 is 1.76 bits per heavy atom. The van der Waals surface area contributed by atoms with Crippen molar-refractivity contribution in [3.8, 4) is 11.5 Å². The number of benzene rings is 2. The average Bonchev–Trinajstić information content (AvgIpc) is 2.83. The van der Waals surface area contributed by atoms with Crippen molar-refractivity contribution in [2.45, 2.75) is 38.3 Å². The van der Waals surface area contributed by atoms with Crippen LogP contribution in [-0.4, -0.2) is 62.0 Å². The van der Waals surface area contributed by atoms with Crippen molar-refractivity contribution in [1.82, 2.24) is 15.5 Å². The molecule has 2 aromatic rings. The van der Waals surface area contributed by atoms with Gasteiger partial charge in [0.15, 0.2) is 0 Å². The van der Waals surface area contributed by atoms with E-state index in [0.29, 0.717) is 49.4 Å². The third-order valence-electron chi connectivity index (χ3n) is 5.76. The third-order valence-corrected chi connectivity index (χ3v) is 5.76. The number of hydrogen-bond donors (Lipinski definition) is 2. The van der Waals surface area contributed by atoms with Crippen molar-refractivity contribution in [2.75, 3.05) is 27.3 Å². The quantitative estimate of drug-likeness (QED) is 0.639. The SMILES string of the molecule is COc1cccc(C(=O)N2CCC(NC(=O)[C@@H](Cc3ccccc3OC)NC(C)=O)CC2)c1. The molecule has 1 aliphatic heterocycles. The number of carbonyl (C=O) groups is 3. The Balaban J connectivity index is 1.58. The van der Waals surface area contributed by atoms with E-state index in [1.54, 1.807) is 43.4 Å². The zero-order chi connectivity index (χ0) is 23.8. The smallest absolute Gasteiger partial charge is 0.253 e. The maximum atomic E-state index is 13.0. The molecule has 0 unspecified atom stereocenters. The number of hydrogen-bond acceptors (Lipinski definition) is 5. The van der Waals surface area contributed by atoms with E-state index in [0.717, 1.165) is 5.56 Å². The second-order valence-corrected chi connectivity index (χ2v) is 8.08. The topological polar surface area (TPSA) is 97.0 Å². The lowest BCUT2D eigenvalue weighted by Gasteiger charge is -2.33. The Hall–Kier alpha value is -3.55. The van der Waals surface area contributed by atoms with E-state index in [2.05, 4.69) is 10.6 Å². The molecule has 1 atom stereocenters. The molecule has 176 valence electrons. The van der Waals surface area contributed by atoms with Gasteiger partial charge in [0.1, 0.15) is 17.5 Å². The van der Waals surface area contributed by atoms with Crippen LogP contribution in [0.15, 0.2) is 48.5 Å². The molecule has 0 saturated carbocycles. The third kappa shape index (κ3) is 6.47. The molecule has 0 bridgehead atoms. The Kier molecular flexibility index (Phi) is 8.29. The van der Waals surface area contributed by atoms with Crippen molar-refractivity contribution < 1.29 is 23.9 Å². The molecule has 3 rings (SSSR count). The van der Waals surface area contributed by atoms with Gasteiger partial charge in [-0.15, -0.1) is 0 Å². The van der Waals surface area contributed by atoms with Crippen molar-refractivity contribution in [3.63, 3.8) is 0 Å². The maximum Gasteiger partial charge on any atom is 0.253 e. The van der Waals surface area contributed by atoms with E-state index >= 15 is 0 Å². The fourth-order valence-electron chi connectivity index (χ4n) is 4.01. The highest BCUT2D eigenvalue weighted by Gasteiger charge is 2.28. The van der Waals surface area contributed by atoms with Gasteiger partial charge in [-0.1, -0.05) is 24.3 Å². The molecule has 33 heavy (non-hydrogen) atoms. The Bertz CT molecular complexity index is 986. The lowest BCUT2D eigenvalue weighted by atomic mass is 10.0. The zero-order valence-corrected chi connectivity index (χ0v) is 19.3. The number of ether oxygens (including phenoxy) is 2. The number of piperidine rings is 1. The Morgan fingerprint density at radius 1 is 1.03 bits per heavy atom. The monoisotopic (exact) mass is 453 g/mol. The van der Waals surface area contributed by atoms with Crippen LogP contribution in [0.25, 0.3) is 0 Å². The summed E-state index contributed by atoms with van der Waals surface area (Å²) in [5.74, 6) is 0.746. The van der Waals surface area contributed by atoms with Crippen LogP contribution in [0.4, 0.5) is 0 Å². The van der Waals surface area contributed by atoms with Crippen LogP contribution in [0, 0.1) is 0 Å². The fraction of sp³-hybridized carbons (Fsp3) is 0.400. The molecule has 1 heterocycles. The molecule has 2 N–H and O–H groups in total. The highest BCUT2D eigenvalue weighted by atomic mass is 16.5. The van der Waals surface area contributed by atoms with Crippen LogP contribution in [0.1, 0.15) is 35.7 Å². The summed E-state index contributed by atoms with van der Waals surface area (Å²) in [6.07, 6.45) is 1.61. The lowest BCUT2D eigenvalue weighted by molar-refractivity contribution is -0.128. The van der Waals surface area contributed by atoms with Crippen LogP contribution in [0.2, 0.25) is 0 Å². The summed E-state index contributed by atoms with van der Waals surface area (Å²) < 4.78 is 10.6. The van der Waals surface area contributed by atoms with E-state index in [1.165, 1.54) is 6.92 Å². The number of nitrogens with one attached hydrogen (secondary N) is 2. The number of nitrogens with zero attached hydrogens (tertiary/aromatic N) is 1. The molecule has 0 spiro atoms. The Morgan fingerprint density at radius 3 is 2.42 bits per heavy atom. The highest BCUT2D eigenvalue weighted by molar-refractivity contribution is 5.94. The summed E-state index contributed by atoms with van der Waals surface area (Å²) in [6, 6.07) is 13.7. The number of para-hydroxylation sites is 1. The van der Waals surface area contributed by atoms with Crippen molar-refractivity contribution in [3.05, 3.63) is 59.7 Å². The minimum absolute atomic E-state index is 0.0500. The van der Waals surface area contributed by atoms with Gasteiger partial charge < -0.3 is 25.0 Å². The first-order chi connectivity index (χ1) is 15.9. The molecule has 8 nitrogen and oxygen atoms in total. The van der Waals surface area contributed by atoms with E-state index < -0.39 is 6.04 Å². The highest BCUT2D eigenvalue weighted by Crippen LogP contribution is 2.20. The normalized spacial score (nSPS) is 14.8. The summed E-state index contributed by atoms with van der Waals surface area (Å²) in [4.78, 5) is 39.3. The predicted octanol–water partition coefficient (Wildman–Crippen LogP) is 2.17. The number of carbonyl (C=O) groups excluding carboxylic acids is 3. The van der Waals surface area contributed by atoms with Gasteiger partial charge >= 0.3 is 0 Å². The van der Waals surface area contributed by atoms with Gasteiger partial charge in [-0.05, 0) is 42.7 Å². The first-order valence-electron chi connectivity index (χ1n) is 11.0. The van der Waals surface area contributed by atoms with Crippen molar-refractivity contribution in [2.24, 2.45) is 0 Å². The van der Waals surface area contributed by atoms with Gasteiger partial charge in [0, 0.05) is 38.0 Å². The number of rotatable bonds is 8. The van der Waals surface area contributed by atoms with Gasteiger partial charge in [0.2, 0.25) is 11.8 Å². The summed E-state index contributed by atoms with van der Waals surface area (Å²) in [5, 5.41) is 5.79. The second-order valence-electron chi connectivity index (χ2n) is 8.08. The summed E-state index contributed by atoms with van der Waals surface area (Å²) in [5.41, 5.74) is 1.42. The van der Waals surface area contributed by atoms with Gasteiger partial charge in [0.25, 0.3) is 5.91 Å². The molecule has 8 heteroatoms. The fourth-order valence-corrected chi connectivity index (χ4v) is 4.01. The van der Waals surface area contributed by atoms with Gasteiger partial charge in [-0.25, -0.2) is 0 Å². The van der Waals surface area contributed by atoms with Crippen molar-refractivity contribution >= 4 is 17.7 Å². The van der Waals surface area contributed by atoms with E-state index in [4.69, 9.17) is 9.47 Å². The van der Waals surface area contributed by atoms with Crippen LogP contribution in [0.3, 0.4) is 0 Å². The van der Waals surface area contributed by atoms with Crippen LogP contribution in [0.5, 0.6) is 11.5 Å². The number of methoxy groups -OCH3 is 2. The number of likely N-dealkylation sites (tertiary alicyclic amines) is 1. The summed E-state index contributed by atoms with van der Waals surface area (Å²) in [6.45, 7) is 2.47. The molecule has 0 radical (unpaired) electrons. The Labute approximate surface area is 194 Å². The molecular weight excluding hydrogens is 422 g/mol. The molecular formula is C25H31N3O5. The zero-order valence-electron chi connectivity index (χ0n) is 19.3. The number of amides is 3. The molecule has 1 aliphatic rings. The first kappa shape index (κ1) is 24.1. The average molecular weight is 454 g/mol. The van der Waals surface area contributed by atoms with Gasteiger partial charge in [0.05, 0.1) is 14.2 Å². The largest absolute Gasteiger partial charge is 0.497 e. The minimum Gasteiger partial charge on any atom is -0.497 e. The van der Waals surface area contributed by atoms with E-state index in [1.807, 2.05) is 24.3 Å². The van der Waals surface area contributed by atoms with Crippen LogP contribution >= 0.6 is 0 Å². The van der Waals surface area contributed by atoms with Gasteiger partial charge in [-0.3, -0.25) is 14.4 Å². The maximum absolute atomic E-state index is 13.0. The summed E-state index contributed by atoms with van der Waals surface area (Å²) >= 11 is 0. The van der Waals surface area contributed by atoms with E-state index in [-0.39, 0.29) is 23.8 Å². The molecule has 1 saturated heterocycles. The lowest BCUT2D eigenvalue weighted by Crippen LogP contribution is -2.53. The van der Waals surface area contributed by atoms with Gasteiger partial charge in [-0.2, -0.15) is 0 Å². The van der Waals surface area contributed by atoms with Crippen LogP contribution in [-0.2, 0) is 16.0 Å². The van der Waals surface area contributed by atoms with Crippen molar-refractivity contribution in [1.29, 1.82) is 0 Å². The second kappa shape index (κ2) is 11.4. The molecule has 0 aromatic heterocycles. The first-order valence-corrected chi connectivity index (χ1v) is 11.0. The molecule has 2 aromatic carbocycles. The van der Waals surface area contributed by atoms with Crippen LogP contribution < -0.4 is 20.1 Å².